The molecule has 3 N–H and O–H groups in total. The molecule has 6 nitrogen and oxygen atoms in total. The van der Waals surface area contributed by atoms with Gasteiger partial charge in [-0.1, -0.05) is 0 Å². The molecule has 0 radical (unpaired) electrons. The highest BCUT2D eigenvalue weighted by molar-refractivity contribution is 5.80. The third kappa shape index (κ3) is 3.89. The van der Waals surface area contributed by atoms with Gasteiger partial charge in [0.2, 0.25) is 0 Å². The molecule has 6 heteroatoms. The summed E-state index contributed by atoms with van der Waals surface area (Å²) in [5.74, 6) is 4.94. The smallest absolute Gasteiger partial charge is 0.263 e. The molecule has 0 aliphatic carbocycles. The van der Waals surface area contributed by atoms with Crippen molar-refractivity contribution in [1.29, 1.82) is 0 Å². The van der Waals surface area contributed by atoms with E-state index in [4.69, 9.17) is 10.6 Å². The predicted octanol–water partition coefficient (Wildman–Crippen LogP) is -0.450. The van der Waals surface area contributed by atoms with Gasteiger partial charge >= 0.3 is 0 Å². The number of likely N-dealkylation sites (tertiary alicyclic amines) is 1. The van der Waals surface area contributed by atoms with Crippen LogP contribution >= 0.6 is 0 Å². The van der Waals surface area contributed by atoms with E-state index in [0.717, 1.165) is 32.5 Å². The molecule has 0 aromatic rings. The van der Waals surface area contributed by atoms with Crippen LogP contribution in [0.2, 0.25) is 0 Å². The highest BCUT2D eigenvalue weighted by Crippen LogP contribution is 2.22. The average molecular weight is 270 g/mol. The van der Waals surface area contributed by atoms with Gasteiger partial charge in [0.05, 0.1) is 6.10 Å². The lowest BCUT2D eigenvalue weighted by molar-refractivity contribution is -0.132. The molecule has 3 unspecified atom stereocenters. The largest absolute Gasteiger partial charge is 0.364 e. The van der Waals surface area contributed by atoms with Gasteiger partial charge in [0.25, 0.3) is 5.91 Å². The summed E-state index contributed by atoms with van der Waals surface area (Å²) in [6, 6.07) is 0.637. The molecule has 2 fully saturated rings. The minimum atomic E-state index is -0.357. The number of rotatable bonds is 4. The van der Waals surface area contributed by atoms with Crippen molar-refractivity contribution < 1.29 is 9.53 Å². The van der Waals surface area contributed by atoms with Gasteiger partial charge in [-0.25, -0.2) is 5.84 Å². The number of carbonyl (C=O) groups is 1. The predicted molar refractivity (Wildman–Crippen MR) is 73.4 cm³/mol. The van der Waals surface area contributed by atoms with Gasteiger partial charge in [0.1, 0.15) is 6.10 Å². The fourth-order valence-electron chi connectivity index (χ4n) is 3.03. The molecule has 19 heavy (non-hydrogen) atoms. The molecule has 0 aromatic heterocycles. The number of amides is 1. The molecule has 0 spiro atoms. The van der Waals surface area contributed by atoms with Gasteiger partial charge in [-0.05, 0) is 46.3 Å². The van der Waals surface area contributed by atoms with Gasteiger partial charge < -0.3 is 9.64 Å². The molecule has 2 aliphatic heterocycles. The molecule has 2 rings (SSSR count). The first-order valence-corrected chi connectivity index (χ1v) is 7.15. The molecule has 0 aromatic carbocycles. The molecule has 0 bridgehead atoms. The first kappa shape index (κ1) is 14.7. The summed E-state index contributed by atoms with van der Waals surface area (Å²) in [4.78, 5) is 16.2. The lowest BCUT2D eigenvalue weighted by Crippen LogP contribution is -2.47. The second-order valence-corrected chi connectivity index (χ2v) is 5.85. The van der Waals surface area contributed by atoms with E-state index in [9.17, 15) is 4.79 Å². The summed E-state index contributed by atoms with van der Waals surface area (Å²) in [6.45, 7) is 3.16. The van der Waals surface area contributed by atoms with Crippen molar-refractivity contribution in [3.05, 3.63) is 0 Å². The molecule has 2 aliphatic rings. The Balaban J connectivity index is 1.77. The second kappa shape index (κ2) is 6.65. The zero-order valence-electron chi connectivity index (χ0n) is 12.0. The van der Waals surface area contributed by atoms with Crippen molar-refractivity contribution >= 4 is 5.91 Å². The molecule has 2 saturated heterocycles. The van der Waals surface area contributed by atoms with Crippen LogP contribution in [-0.2, 0) is 9.53 Å². The zero-order valence-corrected chi connectivity index (χ0v) is 12.0. The first-order chi connectivity index (χ1) is 9.10. The normalized spacial score (nSPS) is 32.7. The van der Waals surface area contributed by atoms with Gasteiger partial charge in [-0.3, -0.25) is 15.1 Å². The van der Waals surface area contributed by atoms with Crippen molar-refractivity contribution in [3.8, 4) is 0 Å². The lowest BCUT2D eigenvalue weighted by Gasteiger charge is -2.37. The Morgan fingerprint density at radius 2 is 2.21 bits per heavy atom. The van der Waals surface area contributed by atoms with Crippen LogP contribution in [0.25, 0.3) is 0 Å². The van der Waals surface area contributed by atoms with E-state index < -0.39 is 0 Å². The average Bonchev–Trinajstić information content (AvgIpc) is 2.86. The lowest BCUT2D eigenvalue weighted by atomic mass is 10.0. The van der Waals surface area contributed by atoms with Gasteiger partial charge in [-0.15, -0.1) is 0 Å². The Morgan fingerprint density at radius 1 is 1.42 bits per heavy atom. The highest BCUT2D eigenvalue weighted by Gasteiger charge is 2.32. The van der Waals surface area contributed by atoms with Crippen molar-refractivity contribution in [3.63, 3.8) is 0 Å². The Labute approximate surface area is 115 Å². The maximum Gasteiger partial charge on any atom is 0.263 e. The van der Waals surface area contributed by atoms with E-state index in [0.29, 0.717) is 6.04 Å². The fourth-order valence-corrected chi connectivity index (χ4v) is 3.03. The van der Waals surface area contributed by atoms with Crippen LogP contribution in [0.3, 0.4) is 0 Å². The second-order valence-electron chi connectivity index (χ2n) is 5.85. The molecular weight excluding hydrogens is 244 g/mol. The number of nitrogens with one attached hydrogen (secondary N) is 1. The maximum absolute atomic E-state index is 11.4. The summed E-state index contributed by atoms with van der Waals surface area (Å²) >= 11 is 0. The monoisotopic (exact) mass is 270 g/mol. The van der Waals surface area contributed by atoms with Crippen molar-refractivity contribution in [2.24, 2.45) is 5.84 Å². The molecule has 0 saturated carbocycles. The van der Waals surface area contributed by atoms with Crippen LogP contribution in [0.4, 0.5) is 0 Å². The third-order valence-corrected chi connectivity index (χ3v) is 4.22. The summed E-state index contributed by atoms with van der Waals surface area (Å²) in [5, 5.41) is 0. The Kier molecular flexibility index (Phi) is 5.15. The van der Waals surface area contributed by atoms with E-state index in [1.165, 1.54) is 12.8 Å². The molecule has 3 atom stereocenters. The van der Waals surface area contributed by atoms with E-state index in [-0.39, 0.29) is 18.1 Å². The Hall–Kier alpha value is -0.690. The minimum absolute atomic E-state index is 0.170. The van der Waals surface area contributed by atoms with E-state index in [1.807, 2.05) is 0 Å². The SMILES string of the molecule is CN(C)C1CCCN(CC2CCC(C(=O)NN)O2)C1. The van der Waals surface area contributed by atoms with Gasteiger partial charge in [0, 0.05) is 19.1 Å². The summed E-state index contributed by atoms with van der Waals surface area (Å²) < 4.78 is 5.77. The number of likely N-dealkylation sites (N-methyl/N-ethyl adjacent to an activating group) is 1. The molecular formula is C13H26N4O2. The fraction of sp³-hybridized carbons (Fsp3) is 0.923. The maximum atomic E-state index is 11.4. The number of hydrazine groups is 1. The topological polar surface area (TPSA) is 70.8 Å². The van der Waals surface area contributed by atoms with Crippen LogP contribution in [0.1, 0.15) is 25.7 Å². The van der Waals surface area contributed by atoms with Crippen molar-refractivity contribution in [2.75, 3.05) is 33.7 Å². The van der Waals surface area contributed by atoms with Crippen molar-refractivity contribution in [2.45, 2.75) is 43.9 Å². The van der Waals surface area contributed by atoms with E-state index in [1.54, 1.807) is 0 Å². The summed E-state index contributed by atoms with van der Waals surface area (Å²) in [5.41, 5.74) is 2.17. The van der Waals surface area contributed by atoms with Gasteiger partial charge in [-0.2, -0.15) is 0 Å². The number of hydrogen-bond acceptors (Lipinski definition) is 5. The standard InChI is InChI=1S/C13H26N4O2/c1-16(2)10-4-3-7-17(8-10)9-11-5-6-12(19-11)13(18)15-14/h10-12H,3-9,14H2,1-2H3,(H,15,18). The van der Waals surface area contributed by atoms with E-state index >= 15 is 0 Å². The Morgan fingerprint density at radius 3 is 2.89 bits per heavy atom. The van der Waals surface area contributed by atoms with Crippen LogP contribution in [-0.4, -0.2) is 67.7 Å². The first-order valence-electron chi connectivity index (χ1n) is 7.15. The van der Waals surface area contributed by atoms with Crippen LogP contribution in [0, 0.1) is 0 Å². The van der Waals surface area contributed by atoms with Crippen LogP contribution in [0.5, 0.6) is 0 Å². The molecule has 110 valence electrons. The number of hydrogen-bond donors (Lipinski definition) is 2. The van der Waals surface area contributed by atoms with Crippen LogP contribution < -0.4 is 11.3 Å². The number of carbonyl (C=O) groups excluding carboxylic acids is 1. The number of piperidine rings is 1. The Bertz CT molecular complexity index is 311. The minimum Gasteiger partial charge on any atom is -0.364 e. The number of nitrogens with two attached hydrogens (primary N) is 1. The van der Waals surface area contributed by atoms with Gasteiger partial charge in [0.15, 0.2) is 0 Å². The van der Waals surface area contributed by atoms with E-state index in [2.05, 4.69) is 29.3 Å². The third-order valence-electron chi connectivity index (χ3n) is 4.22. The van der Waals surface area contributed by atoms with Crippen molar-refractivity contribution in [1.82, 2.24) is 15.2 Å². The summed E-state index contributed by atoms with van der Waals surface area (Å²) in [6.07, 6.45) is 4.04. The summed E-state index contributed by atoms with van der Waals surface area (Å²) in [7, 11) is 4.28. The molecule has 2 heterocycles. The number of nitrogens with zero attached hydrogens (tertiary/aromatic N) is 2. The van der Waals surface area contributed by atoms with Crippen LogP contribution in [0.15, 0.2) is 0 Å². The zero-order chi connectivity index (χ0) is 13.8. The highest BCUT2D eigenvalue weighted by atomic mass is 16.5. The molecule has 1 amide bonds. The quantitative estimate of drug-likeness (QED) is 0.411. The number of ether oxygens (including phenoxy) is 1.